The zero-order valence-corrected chi connectivity index (χ0v) is 15.7. The van der Waals surface area contributed by atoms with Crippen LogP contribution in [0.5, 0.6) is 11.5 Å². The Labute approximate surface area is 158 Å². The van der Waals surface area contributed by atoms with E-state index >= 15 is 0 Å². The fourth-order valence-corrected chi connectivity index (χ4v) is 2.42. The molecule has 0 heterocycles. The summed E-state index contributed by atoms with van der Waals surface area (Å²) in [6.07, 6.45) is -0.00177. The van der Waals surface area contributed by atoms with E-state index in [9.17, 15) is 4.79 Å². The van der Waals surface area contributed by atoms with Crippen LogP contribution in [-0.4, -0.2) is 25.2 Å². The Morgan fingerprint density at radius 2 is 1.80 bits per heavy atom. The summed E-state index contributed by atoms with van der Waals surface area (Å²) < 4.78 is 11.3. The van der Waals surface area contributed by atoms with Crippen molar-refractivity contribution < 1.29 is 14.3 Å². The highest BCUT2D eigenvalue weighted by Crippen LogP contribution is 2.21. The molecular weight excluding hydrogens is 361 g/mol. The van der Waals surface area contributed by atoms with E-state index < -0.39 is 6.10 Å². The van der Waals surface area contributed by atoms with Gasteiger partial charge >= 0.3 is 0 Å². The summed E-state index contributed by atoms with van der Waals surface area (Å²) in [7, 11) is 0. The van der Waals surface area contributed by atoms with Gasteiger partial charge < -0.3 is 14.8 Å². The number of halogens is 2. The molecule has 2 aromatic rings. The van der Waals surface area contributed by atoms with Gasteiger partial charge in [0.2, 0.25) is 0 Å². The number of rotatable bonds is 8. The molecule has 0 saturated heterocycles. The summed E-state index contributed by atoms with van der Waals surface area (Å²) in [4.78, 5) is 12.2. The van der Waals surface area contributed by atoms with Crippen LogP contribution in [0.3, 0.4) is 0 Å². The molecule has 0 saturated carbocycles. The van der Waals surface area contributed by atoms with Crippen molar-refractivity contribution in [2.45, 2.75) is 26.4 Å². The third-order valence-corrected chi connectivity index (χ3v) is 4.23. The second kappa shape index (κ2) is 9.54. The summed E-state index contributed by atoms with van der Waals surface area (Å²) >= 11 is 11.9. The van der Waals surface area contributed by atoms with Gasteiger partial charge in [-0.25, -0.2) is 0 Å². The van der Waals surface area contributed by atoms with E-state index in [0.29, 0.717) is 41.1 Å². The van der Waals surface area contributed by atoms with Gasteiger partial charge in [0.05, 0.1) is 6.54 Å². The van der Waals surface area contributed by atoms with Crippen LogP contribution in [0.4, 0.5) is 0 Å². The molecule has 1 amide bonds. The van der Waals surface area contributed by atoms with Crippen LogP contribution in [0.2, 0.25) is 10.0 Å². The number of carbonyl (C=O) groups is 1. The molecule has 2 rings (SSSR count). The lowest BCUT2D eigenvalue weighted by Crippen LogP contribution is -2.39. The van der Waals surface area contributed by atoms with Crippen LogP contribution >= 0.6 is 23.2 Å². The van der Waals surface area contributed by atoms with E-state index in [4.69, 9.17) is 32.7 Å². The van der Waals surface area contributed by atoms with Crippen LogP contribution in [0.15, 0.2) is 42.5 Å². The number of carbonyl (C=O) groups excluding carboxylic acids is 1. The van der Waals surface area contributed by atoms with Crippen molar-refractivity contribution >= 4 is 29.1 Å². The SMILES string of the molecule is CC[C@@H](Oc1ccc(Cl)cc1)C(=O)NCCOc1ccc(C)c(Cl)c1. The molecule has 2 aromatic carbocycles. The monoisotopic (exact) mass is 381 g/mol. The number of ether oxygens (including phenoxy) is 2. The number of amides is 1. The molecule has 0 aliphatic heterocycles. The Hall–Kier alpha value is -1.91. The van der Waals surface area contributed by atoms with E-state index in [1.165, 1.54) is 0 Å². The van der Waals surface area contributed by atoms with E-state index in [-0.39, 0.29) is 5.91 Å². The molecule has 4 nitrogen and oxygen atoms in total. The molecule has 134 valence electrons. The van der Waals surface area contributed by atoms with Gasteiger partial charge in [0.25, 0.3) is 5.91 Å². The smallest absolute Gasteiger partial charge is 0.261 e. The van der Waals surface area contributed by atoms with E-state index in [2.05, 4.69) is 5.32 Å². The Morgan fingerprint density at radius 3 is 2.44 bits per heavy atom. The first kappa shape index (κ1) is 19.4. The predicted octanol–water partition coefficient (Wildman–Crippen LogP) is 4.65. The second-order valence-corrected chi connectivity index (χ2v) is 6.36. The second-order valence-electron chi connectivity index (χ2n) is 5.52. The normalized spacial score (nSPS) is 11.7. The summed E-state index contributed by atoms with van der Waals surface area (Å²) in [5.74, 6) is 1.11. The van der Waals surface area contributed by atoms with Crippen LogP contribution < -0.4 is 14.8 Å². The molecule has 1 atom stereocenters. The fourth-order valence-electron chi connectivity index (χ4n) is 2.12. The standard InChI is InChI=1S/C19H21Cl2NO3/c1-3-18(25-15-8-5-14(20)6-9-15)19(23)22-10-11-24-16-7-4-13(2)17(21)12-16/h4-9,12,18H,3,10-11H2,1-2H3,(H,22,23)/t18-/m1/s1. The molecule has 0 unspecified atom stereocenters. The number of nitrogens with one attached hydrogen (secondary N) is 1. The summed E-state index contributed by atoms with van der Waals surface area (Å²) in [5.41, 5.74) is 0.993. The lowest BCUT2D eigenvalue weighted by molar-refractivity contribution is -0.128. The van der Waals surface area contributed by atoms with Crippen molar-refractivity contribution in [3.63, 3.8) is 0 Å². The van der Waals surface area contributed by atoms with Crippen molar-refractivity contribution in [3.05, 3.63) is 58.1 Å². The third kappa shape index (κ3) is 6.15. The highest BCUT2D eigenvalue weighted by Gasteiger charge is 2.17. The van der Waals surface area contributed by atoms with Crippen LogP contribution in [-0.2, 0) is 4.79 Å². The van der Waals surface area contributed by atoms with Crippen LogP contribution in [0.25, 0.3) is 0 Å². The minimum atomic E-state index is -0.560. The number of hydrogen-bond acceptors (Lipinski definition) is 3. The largest absolute Gasteiger partial charge is 0.492 e. The third-order valence-electron chi connectivity index (χ3n) is 3.57. The van der Waals surface area contributed by atoms with Crippen molar-refractivity contribution in [1.82, 2.24) is 5.32 Å². The lowest BCUT2D eigenvalue weighted by Gasteiger charge is -2.17. The number of aryl methyl sites for hydroxylation is 1. The van der Waals surface area contributed by atoms with E-state index in [1.54, 1.807) is 30.3 Å². The number of hydrogen-bond donors (Lipinski definition) is 1. The molecule has 1 N–H and O–H groups in total. The minimum absolute atomic E-state index is 0.178. The van der Waals surface area contributed by atoms with Crippen molar-refractivity contribution in [3.8, 4) is 11.5 Å². The van der Waals surface area contributed by atoms with Gasteiger partial charge in [-0.15, -0.1) is 0 Å². The molecule has 0 aliphatic rings. The van der Waals surface area contributed by atoms with Crippen LogP contribution in [0, 0.1) is 6.92 Å². The first-order valence-electron chi connectivity index (χ1n) is 8.08. The molecular formula is C19H21Cl2NO3. The molecule has 0 spiro atoms. The predicted molar refractivity (Wildman–Crippen MR) is 101 cm³/mol. The minimum Gasteiger partial charge on any atom is -0.492 e. The van der Waals surface area contributed by atoms with E-state index in [1.807, 2.05) is 26.0 Å². The summed E-state index contributed by atoms with van der Waals surface area (Å²) in [6.45, 7) is 4.55. The Kier molecular flexibility index (Phi) is 7.41. The average molecular weight is 382 g/mol. The Morgan fingerprint density at radius 1 is 1.12 bits per heavy atom. The van der Waals surface area contributed by atoms with Gasteiger partial charge in [-0.2, -0.15) is 0 Å². The maximum Gasteiger partial charge on any atom is 0.261 e. The average Bonchev–Trinajstić information content (AvgIpc) is 2.61. The zero-order valence-electron chi connectivity index (χ0n) is 14.2. The molecule has 0 aromatic heterocycles. The van der Waals surface area contributed by atoms with Crippen molar-refractivity contribution in [2.24, 2.45) is 0 Å². The summed E-state index contributed by atoms with van der Waals surface area (Å²) in [6, 6.07) is 12.4. The fraction of sp³-hybridized carbons (Fsp3) is 0.316. The van der Waals surface area contributed by atoms with Crippen LogP contribution in [0.1, 0.15) is 18.9 Å². The molecule has 0 fully saturated rings. The van der Waals surface area contributed by atoms with Gasteiger partial charge in [-0.05, 0) is 55.3 Å². The molecule has 0 aliphatic carbocycles. The molecule has 6 heteroatoms. The maximum absolute atomic E-state index is 12.2. The lowest BCUT2D eigenvalue weighted by atomic mass is 10.2. The van der Waals surface area contributed by atoms with Gasteiger partial charge in [0.15, 0.2) is 6.10 Å². The topological polar surface area (TPSA) is 47.6 Å². The Balaban J connectivity index is 1.77. The van der Waals surface area contributed by atoms with Gasteiger partial charge in [0, 0.05) is 10.0 Å². The first-order chi connectivity index (χ1) is 12.0. The van der Waals surface area contributed by atoms with Crippen molar-refractivity contribution in [1.29, 1.82) is 0 Å². The van der Waals surface area contributed by atoms with Gasteiger partial charge in [-0.1, -0.05) is 36.2 Å². The number of benzene rings is 2. The Bertz CT molecular complexity index is 704. The molecule has 0 radical (unpaired) electrons. The quantitative estimate of drug-likeness (QED) is 0.676. The van der Waals surface area contributed by atoms with E-state index in [0.717, 1.165) is 5.56 Å². The first-order valence-corrected chi connectivity index (χ1v) is 8.84. The molecule has 25 heavy (non-hydrogen) atoms. The zero-order chi connectivity index (χ0) is 18.2. The summed E-state index contributed by atoms with van der Waals surface area (Å²) in [5, 5.41) is 4.09. The molecule has 0 bridgehead atoms. The highest BCUT2D eigenvalue weighted by atomic mass is 35.5. The van der Waals surface area contributed by atoms with Gasteiger partial charge in [0.1, 0.15) is 18.1 Å². The van der Waals surface area contributed by atoms with Gasteiger partial charge in [-0.3, -0.25) is 4.79 Å². The maximum atomic E-state index is 12.2. The highest BCUT2D eigenvalue weighted by molar-refractivity contribution is 6.31. The van der Waals surface area contributed by atoms with Crippen molar-refractivity contribution in [2.75, 3.05) is 13.2 Å².